The van der Waals surface area contributed by atoms with Crippen molar-refractivity contribution in [2.45, 2.75) is 0 Å². The Morgan fingerprint density at radius 2 is 2.10 bits per heavy atom. The molecule has 0 atom stereocenters. The summed E-state index contributed by atoms with van der Waals surface area (Å²) in [5.74, 6) is 0.648. The maximum absolute atomic E-state index is 13.5. The first-order valence-corrected chi connectivity index (χ1v) is 5.77. The molecule has 3 rings (SSSR count). The fourth-order valence-electron chi connectivity index (χ4n) is 1.90. The zero-order valence-corrected chi connectivity index (χ0v) is 11.1. The van der Waals surface area contributed by atoms with Gasteiger partial charge < -0.3 is 14.6 Å². The summed E-state index contributed by atoms with van der Waals surface area (Å²) in [6.45, 7) is 0. The molecule has 0 aliphatic carbocycles. The van der Waals surface area contributed by atoms with Gasteiger partial charge in [-0.2, -0.15) is 14.4 Å². The molecule has 0 fully saturated rings. The molecule has 0 amide bonds. The van der Waals surface area contributed by atoms with Gasteiger partial charge in [-0.15, -0.1) is 5.10 Å². The summed E-state index contributed by atoms with van der Waals surface area (Å²) < 4.78 is 21.8. The lowest BCUT2D eigenvalue weighted by Crippen LogP contribution is -2.01. The average molecular weight is 277 g/mol. The number of halogens is 1. The van der Waals surface area contributed by atoms with Crippen molar-refractivity contribution < 1.29 is 9.13 Å². The van der Waals surface area contributed by atoms with Crippen LogP contribution in [0.15, 0.2) is 12.5 Å². The van der Waals surface area contributed by atoms with Gasteiger partial charge in [0.1, 0.15) is 5.69 Å². The Morgan fingerprint density at radius 3 is 2.85 bits per heavy atom. The number of fused-ring (bicyclic) bond motifs is 1. The quantitative estimate of drug-likeness (QED) is 0.719. The number of imidazole rings is 1. The van der Waals surface area contributed by atoms with Gasteiger partial charge in [-0.25, -0.2) is 4.98 Å². The van der Waals surface area contributed by atoms with Crippen LogP contribution < -0.4 is 10.1 Å². The van der Waals surface area contributed by atoms with E-state index in [4.69, 9.17) is 4.74 Å². The summed E-state index contributed by atoms with van der Waals surface area (Å²) >= 11 is 0. The number of hydrogen-bond acceptors (Lipinski definition) is 6. The number of methoxy groups -OCH3 is 1. The van der Waals surface area contributed by atoms with Gasteiger partial charge in [-0.3, -0.25) is 4.68 Å². The van der Waals surface area contributed by atoms with E-state index in [1.54, 1.807) is 35.9 Å². The Hall–Kier alpha value is -2.71. The van der Waals surface area contributed by atoms with E-state index in [1.165, 1.54) is 7.11 Å². The highest BCUT2D eigenvalue weighted by molar-refractivity contribution is 5.85. The van der Waals surface area contributed by atoms with Crippen molar-refractivity contribution in [2.75, 3.05) is 12.4 Å². The van der Waals surface area contributed by atoms with E-state index in [0.29, 0.717) is 22.7 Å². The number of ether oxygens (including phenoxy) is 1. The Kier molecular flexibility index (Phi) is 2.74. The van der Waals surface area contributed by atoms with Gasteiger partial charge in [0.15, 0.2) is 17.0 Å². The number of hydrogen-bond donors (Lipinski definition) is 1. The summed E-state index contributed by atoms with van der Waals surface area (Å²) in [7, 11) is 4.99. The van der Waals surface area contributed by atoms with E-state index in [0.717, 1.165) is 0 Å². The van der Waals surface area contributed by atoms with E-state index in [9.17, 15) is 4.39 Å². The number of nitrogens with zero attached hydrogens (tertiary/aromatic N) is 6. The second-order valence-corrected chi connectivity index (χ2v) is 4.22. The van der Waals surface area contributed by atoms with Gasteiger partial charge in [0, 0.05) is 14.1 Å². The summed E-state index contributed by atoms with van der Waals surface area (Å²) in [6.07, 6.45) is 2.42. The van der Waals surface area contributed by atoms with Crippen LogP contribution in [0, 0.1) is 6.08 Å². The first kappa shape index (κ1) is 12.3. The van der Waals surface area contributed by atoms with Crippen molar-refractivity contribution >= 4 is 22.7 Å². The van der Waals surface area contributed by atoms with Gasteiger partial charge >= 0.3 is 6.08 Å². The molecule has 3 aromatic rings. The van der Waals surface area contributed by atoms with Crippen LogP contribution in [-0.4, -0.2) is 36.4 Å². The van der Waals surface area contributed by atoms with Crippen LogP contribution in [0.4, 0.5) is 15.9 Å². The third-order valence-electron chi connectivity index (χ3n) is 2.77. The van der Waals surface area contributed by atoms with Gasteiger partial charge in [-0.05, 0) is 0 Å². The molecule has 3 aromatic heterocycles. The average Bonchev–Trinajstić information content (AvgIpc) is 2.94. The second kappa shape index (κ2) is 4.44. The molecule has 0 unspecified atom stereocenters. The van der Waals surface area contributed by atoms with E-state index >= 15 is 0 Å². The summed E-state index contributed by atoms with van der Waals surface area (Å²) in [5.41, 5.74) is 1.45. The topological polar surface area (TPSA) is 82.7 Å². The Morgan fingerprint density at radius 1 is 1.30 bits per heavy atom. The SMILES string of the molecule is COc1nn(C)cc1Nc1nc(F)nc2c1ncn2C. The molecule has 9 heteroatoms. The van der Waals surface area contributed by atoms with Crippen LogP contribution in [-0.2, 0) is 14.1 Å². The van der Waals surface area contributed by atoms with Gasteiger partial charge in [0.25, 0.3) is 5.88 Å². The largest absolute Gasteiger partial charge is 0.478 e. The highest BCUT2D eigenvalue weighted by Crippen LogP contribution is 2.27. The number of aromatic nitrogens is 6. The van der Waals surface area contributed by atoms with Crippen molar-refractivity contribution in [1.82, 2.24) is 29.3 Å². The lowest BCUT2D eigenvalue weighted by molar-refractivity contribution is 0.393. The zero-order valence-electron chi connectivity index (χ0n) is 11.1. The molecule has 0 aliphatic heterocycles. The van der Waals surface area contributed by atoms with Crippen LogP contribution in [0.25, 0.3) is 11.2 Å². The first-order chi connectivity index (χ1) is 9.58. The fourth-order valence-corrected chi connectivity index (χ4v) is 1.90. The van der Waals surface area contributed by atoms with E-state index in [2.05, 4.69) is 25.4 Å². The third kappa shape index (κ3) is 1.92. The molecular formula is C11H12FN7O. The predicted molar refractivity (Wildman–Crippen MR) is 69.3 cm³/mol. The Bertz CT molecular complexity index is 779. The molecule has 3 heterocycles. The van der Waals surface area contributed by atoms with E-state index in [1.807, 2.05) is 0 Å². The molecule has 0 aromatic carbocycles. The molecule has 8 nitrogen and oxygen atoms in total. The molecule has 104 valence electrons. The van der Waals surface area contributed by atoms with Gasteiger partial charge in [-0.1, -0.05) is 0 Å². The van der Waals surface area contributed by atoms with Gasteiger partial charge in [0.05, 0.1) is 19.6 Å². The van der Waals surface area contributed by atoms with Crippen molar-refractivity contribution in [3.63, 3.8) is 0 Å². The molecule has 0 saturated carbocycles. The highest BCUT2D eigenvalue weighted by atomic mass is 19.1. The minimum Gasteiger partial charge on any atom is -0.478 e. The third-order valence-corrected chi connectivity index (χ3v) is 2.77. The van der Waals surface area contributed by atoms with Crippen LogP contribution in [0.3, 0.4) is 0 Å². The smallest absolute Gasteiger partial charge is 0.312 e. The summed E-state index contributed by atoms with van der Waals surface area (Å²) in [6, 6.07) is 0. The number of nitrogens with one attached hydrogen (secondary N) is 1. The lowest BCUT2D eigenvalue weighted by Gasteiger charge is -2.05. The van der Waals surface area contributed by atoms with E-state index in [-0.39, 0.29) is 5.82 Å². The lowest BCUT2D eigenvalue weighted by atomic mass is 10.4. The van der Waals surface area contributed by atoms with Crippen molar-refractivity contribution in [2.24, 2.45) is 14.1 Å². The van der Waals surface area contributed by atoms with Crippen molar-refractivity contribution in [3.8, 4) is 5.88 Å². The normalized spacial score (nSPS) is 11.0. The minimum atomic E-state index is -0.827. The number of anilines is 2. The summed E-state index contributed by atoms with van der Waals surface area (Å²) in [5, 5.41) is 7.07. The van der Waals surface area contributed by atoms with Crippen LogP contribution in [0.1, 0.15) is 0 Å². The maximum atomic E-state index is 13.5. The predicted octanol–water partition coefficient (Wildman–Crippen LogP) is 0.988. The molecule has 0 bridgehead atoms. The number of rotatable bonds is 3. The first-order valence-electron chi connectivity index (χ1n) is 5.77. The molecular weight excluding hydrogens is 265 g/mol. The summed E-state index contributed by atoms with van der Waals surface area (Å²) in [4.78, 5) is 11.6. The minimum absolute atomic E-state index is 0.263. The highest BCUT2D eigenvalue weighted by Gasteiger charge is 2.15. The monoisotopic (exact) mass is 277 g/mol. The van der Waals surface area contributed by atoms with Gasteiger partial charge in [0.2, 0.25) is 0 Å². The molecule has 20 heavy (non-hydrogen) atoms. The van der Waals surface area contributed by atoms with E-state index < -0.39 is 6.08 Å². The molecule has 0 spiro atoms. The number of aryl methyl sites for hydroxylation is 2. The Balaban J connectivity index is 2.10. The molecule has 0 radical (unpaired) electrons. The standard InChI is InChI=1S/C11H12FN7O/c1-18-5-13-7-8(15-11(12)16-9(7)18)14-6-4-19(2)17-10(6)20-3/h4-5H,1-3H3,(H,14,15,16). The molecule has 1 N–H and O–H groups in total. The van der Waals surface area contributed by atoms with Crippen molar-refractivity contribution in [1.29, 1.82) is 0 Å². The second-order valence-electron chi connectivity index (χ2n) is 4.22. The van der Waals surface area contributed by atoms with Crippen LogP contribution >= 0.6 is 0 Å². The maximum Gasteiger partial charge on any atom is 0.312 e. The zero-order chi connectivity index (χ0) is 14.3. The van der Waals surface area contributed by atoms with Crippen LogP contribution in [0.2, 0.25) is 0 Å². The molecule has 0 aliphatic rings. The fraction of sp³-hybridized carbons (Fsp3) is 0.273. The van der Waals surface area contributed by atoms with Crippen LogP contribution in [0.5, 0.6) is 5.88 Å². The van der Waals surface area contributed by atoms with Crippen molar-refractivity contribution in [3.05, 3.63) is 18.6 Å². The Labute approximate surface area is 113 Å². The molecule has 0 saturated heterocycles.